The average Bonchev–Trinajstić information content (AvgIpc) is 3.35. The van der Waals surface area contributed by atoms with Crippen molar-refractivity contribution in [3.05, 3.63) is 36.5 Å². The fraction of sp³-hybridized carbons (Fsp3) is 0.867. The summed E-state index contributed by atoms with van der Waals surface area (Å²) in [5, 5.41) is 0. The van der Waals surface area contributed by atoms with Crippen LogP contribution in [0.5, 0.6) is 0 Å². The summed E-state index contributed by atoms with van der Waals surface area (Å²) in [5.41, 5.74) is 5.37. The summed E-state index contributed by atoms with van der Waals surface area (Å²) in [4.78, 5) is 35.1. The predicted octanol–water partition coefficient (Wildman–Crippen LogP) is 18.8. The molecular formula is C60H114NO8P. The SMILES string of the molecule is CCCC/C=C\C/C=C\CCCCCCCC(=O)OC(COC(=O)CCCCCCCCCCCCCCCCCCCCCCCCC/C=C\CCCCCCCCCC)COP(=O)(O)OCCN. The highest BCUT2D eigenvalue weighted by atomic mass is 31.2. The lowest BCUT2D eigenvalue weighted by atomic mass is 10.0. The van der Waals surface area contributed by atoms with Gasteiger partial charge in [-0.1, -0.05) is 262 Å². The highest BCUT2D eigenvalue weighted by Gasteiger charge is 2.26. The molecule has 70 heavy (non-hydrogen) atoms. The van der Waals surface area contributed by atoms with Crippen molar-refractivity contribution in [2.45, 2.75) is 309 Å². The zero-order chi connectivity index (χ0) is 51.0. The van der Waals surface area contributed by atoms with Crippen LogP contribution in [0.15, 0.2) is 36.5 Å². The first-order valence-corrected chi connectivity index (χ1v) is 31.5. The standard InChI is InChI=1S/C60H114NO8P/c1-3-5-7-9-11-13-15-17-19-20-21-22-23-24-25-26-27-28-29-30-31-32-33-34-35-36-37-38-39-41-42-44-46-48-50-52-59(62)66-56-58(57-68-70(64,65)67-55-54-61)69-60(63)53-51-49-47-45-43-40-18-16-14-12-10-8-6-4-2/h10,12,16,18,20-21,58H,3-9,11,13-15,17,19,22-57,61H2,1-2H3,(H,64,65)/b12-10-,18-16-,21-20-. The smallest absolute Gasteiger partial charge is 0.462 e. The Morgan fingerprint density at radius 2 is 0.757 bits per heavy atom. The molecule has 0 fully saturated rings. The first-order valence-electron chi connectivity index (χ1n) is 30.0. The van der Waals surface area contributed by atoms with E-state index >= 15 is 0 Å². The molecule has 0 bridgehead atoms. The Bertz CT molecular complexity index is 1240. The van der Waals surface area contributed by atoms with Crippen LogP contribution in [0.3, 0.4) is 0 Å². The minimum atomic E-state index is -4.39. The molecule has 0 spiro atoms. The van der Waals surface area contributed by atoms with Gasteiger partial charge in [0.1, 0.15) is 6.61 Å². The number of ether oxygens (including phenoxy) is 2. The van der Waals surface area contributed by atoms with E-state index in [2.05, 4.69) is 50.3 Å². The van der Waals surface area contributed by atoms with Crippen LogP contribution in [0, 0.1) is 0 Å². The number of hydrogen-bond acceptors (Lipinski definition) is 8. The molecule has 412 valence electrons. The predicted molar refractivity (Wildman–Crippen MR) is 298 cm³/mol. The Morgan fingerprint density at radius 1 is 0.429 bits per heavy atom. The molecule has 0 aromatic rings. The number of phosphoric ester groups is 1. The molecule has 0 amide bonds. The fourth-order valence-corrected chi connectivity index (χ4v) is 9.53. The number of unbranched alkanes of at least 4 members (excludes halogenated alkanes) is 38. The van der Waals surface area contributed by atoms with E-state index in [1.54, 1.807) is 0 Å². The van der Waals surface area contributed by atoms with E-state index in [9.17, 15) is 19.0 Å². The number of nitrogens with two attached hydrogens (primary N) is 1. The van der Waals surface area contributed by atoms with Crippen LogP contribution in [0.25, 0.3) is 0 Å². The maximum absolute atomic E-state index is 12.6. The summed E-state index contributed by atoms with van der Waals surface area (Å²) in [5.74, 6) is -0.832. The van der Waals surface area contributed by atoms with Gasteiger partial charge in [-0.3, -0.25) is 18.6 Å². The maximum atomic E-state index is 12.6. The summed E-state index contributed by atoms with van der Waals surface area (Å²) in [7, 11) is -4.39. The second kappa shape index (κ2) is 56.5. The molecule has 0 saturated carbocycles. The van der Waals surface area contributed by atoms with Crippen LogP contribution in [0.4, 0.5) is 0 Å². The zero-order valence-corrected chi connectivity index (χ0v) is 46.9. The highest BCUT2D eigenvalue weighted by molar-refractivity contribution is 7.47. The molecule has 0 rings (SSSR count). The topological polar surface area (TPSA) is 134 Å². The Labute approximate surface area is 433 Å². The van der Waals surface area contributed by atoms with Crippen LogP contribution in [-0.4, -0.2) is 49.3 Å². The molecule has 2 atom stereocenters. The first kappa shape index (κ1) is 68.2. The van der Waals surface area contributed by atoms with Crippen molar-refractivity contribution in [3.63, 3.8) is 0 Å². The van der Waals surface area contributed by atoms with E-state index < -0.39 is 26.5 Å². The van der Waals surface area contributed by atoms with Gasteiger partial charge < -0.3 is 20.1 Å². The van der Waals surface area contributed by atoms with Gasteiger partial charge in [0.25, 0.3) is 0 Å². The fourth-order valence-electron chi connectivity index (χ4n) is 8.77. The van der Waals surface area contributed by atoms with E-state index in [1.807, 2.05) is 0 Å². The molecule has 0 aromatic carbocycles. The van der Waals surface area contributed by atoms with Crippen molar-refractivity contribution >= 4 is 19.8 Å². The minimum Gasteiger partial charge on any atom is -0.462 e. The molecule has 2 unspecified atom stereocenters. The normalized spacial score (nSPS) is 13.3. The summed E-state index contributed by atoms with van der Waals surface area (Å²) in [6, 6.07) is 0. The van der Waals surface area contributed by atoms with Crippen molar-refractivity contribution in [2.75, 3.05) is 26.4 Å². The van der Waals surface area contributed by atoms with Gasteiger partial charge in [-0.15, -0.1) is 0 Å². The third-order valence-electron chi connectivity index (χ3n) is 13.2. The van der Waals surface area contributed by atoms with E-state index in [-0.39, 0.29) is 38.6 Å². The van der Waals surface area contributed by atoms with Gasteiger partial charge >= 0.3 is 19.8 Å². The van der Waals surface area contributed by atoms with Crippen LogP contribution >= 0.6 is 7.82 Å². The third-order valence-corrected chi connectivity index (χ3v) is 14.2. The van der Waals surface area contributed by atoms with Crippen LogP contribution in [0.2, 0.25) is 0 Å². The highest BCUT2D eigenvalue weighted by Crippen LogP contribution is 2.43. The van der Waals surface area contributed by atoms with Gasteiger partial charge in [-0.25, -0.2) is 4.57 Å². The van der Waals surface area contributed by atoms with Crippen LogP contribution in [-0.2, 0) is 32.7 Å². The lowest BCUT2D eigenvalue weighted by molar-refractivity contribution is -0.161. The quantitative estimate of drug-likeness (QED) is 0.0264. The lowest BCUT2D eigenvalue weighted by Gasteiger charge is -2.19. The van der Waals surface area contributed by atoms with Gasteiger partial charge in [0, 0.05) is 19.4 Å². The Morgan fingerprint density at radius 3 is 1.14 bits per heavy atom. The number of carbonyl (C=O) groups is 2. The zero-order valence-electron chi connectivity index (χ0n) is 46.0. The van der Waals surface area contributed by atoms with Crippen molar-refractivity contribution < 1.29 is 37.6 Å². The number of phosphoric acid groups is 1. The summed E-state index contributed by atoms with van der Waals surface area (Å²) < 4.78 is 32.9. The average molecular weight is 1010 g/mol. The molecule has 0 aliphatic rings. The third kappa shape index (κ3) is 55.5. The van der Waals surface area contributed by atoms with E-state index in [1.165, 1.54) is 205 Å². The molecular weight excluding hydrogens is 894 g/mol. The number of hydrogen-bond donors (Lipinski definition) is 2. The molecule has 0 aliphatic heterocycles. The van der Waals surface area contributed by atoms with Gasteiger partial charge in [0.05, 0.1) is 13.2 Å². The van der Waals surface area contributed by atoms with Crippen molar-refractivity contribution in [1.29, 1.82) is 0 Å². The van der Waals surface area contributed by atoms with Crippen molar-refractivity contribution in [3.8, 4) is 0 Å². The Kier molecular flexibility index (Phi) is 55.1. The van der Waals surface area contributed by atoms with Crippen molar-refractivity contribution in [2.24, 2.45) is 5.73 Å². The second-order valence-electron chi connectivity index (χ2n) is 20.2. The largest absolute Gasteiger partial charge is 0.472 e. The molecule has 9 nitrogen and oxygen atoms in total. The number of allylic oxidation sites excluding steroid dienone is 6. The number of rotatable bonds is 57. The molecule has 0 aromatic heterocycles. The lowest BCUT2D eigenvalue weighted by Crippen LogP contribution is -2.29. The summed E-state index contributed by atoms with van der Waals surface area (Å²) >= 11 is 0. The maximum Gasteiger partial charge on any atom is 0.472 e. The van der Waals surface area contributed by atoms with Crippen LogP contribution < -0.4 is 5.73 Å². The molecule has 0 radical (unpaired) electrons. The second-order valence-corrected chi connectivity index (χ2v) is 21.7. The molecule has 0 saturated heterocycles. The van der Waals surface area contributed by atoms with Crippen molar-refractivity contribution in [1.82, 2.24) is 0 Å². The van der Waals surface area contributed by atoms with E-state index in [4.69, 9.17) is 24.3 Å². The molecule has 0 aliphatic carbocycles. The Balaban J connectivity index is 3.78. The Hall–Kier alpha value is -1.77. The van der Waals surface area contributed by atoms with E-state index in [0.717, 1.165) is 64.2 Å². The van der Waals surface area contributed by atoms with Gasteiger partial charge in [0.15, 0.2) is 6.10 Å². The summed E-state index contributed by atoms with van der Waals surface area (Å²) in [6.07, 6.45) is 68.1. The summed E-state index contributed by atoms with van der Waals surface area (Å²) in [6.45, 7) is 3.72. The number of esters is 2. The van der Waals surface area contributed by atoms with Gasteiger partial charge in [-0.2, -0.15) is 0 Å². The van der Waals surface area contributed by atoms with Crippen LogP contribution in [0.1, 0.15) is 303 Å². The molecule has 0 heterocycles. The first-order chi connectivity index (χ1) is 34.3. The van der Waals surface area contributed by atoms with E-state index in [0.29, 0.717) is 6.42 Å². The number of carbonyl (C=O) groups excluding carboxylic acids is 2. The molecule has 10 heteroatoms. The monoisotopic (exact) mass is 1010 g/mol. The van der Waals surface area contributed by atoms with Gasteiger partial charge in [0.2, 0.25) is 0 Å². The van der Waals surface area contributed by atoms with Gasteiger partial charge in [-0.05, 0) is 64.2 Å². The molecule has 3 N–H and O–H groups in total. The minimum absolute atomic E-state index is 0.0520.